The van der Waals surface area contributed by atoms with E-state index in [9.17, 15) is 18.0 Å². The number of benzene rings is 1. The van der Waals surface area contributed by atoms with E-state index >= 15 is 0 Å². The minimum absolute atomic E-state index is 0.00322. The SMILES string of the molecule is C/C=C\Nc1cc(C)nc2c(OCc3c(Cl)cncc3Cn3cccc(C(F)(F)F)c3=O)cccc12. The fraction of sp³-hybridized carbons (Fsp3) is 0.192. The molecule has 0 aliphatic carbocycles. The molecule has 0 amide bonds. The summed E-state index contributed by atoms with van der Waals surface area (Å²) >= 11 is 6.39. The molecular weight excluding hydrogens is 493 g/mol. The number of fused-ring (bicyclic) bond motifs is 1. The second-order valence-corrected chi connectivity index (χ2v) is 8.42. The van der Waals surface area contributed by atoms with Gasteiger partial charge in [0.1, 0.15) is 23.4 Å². The van der Waals surface area contributed by atoms with Crippen molar-refractivity contribution in [1.29, 1.82) is 0 Å². The third-order valence-electron chi connectivity index (χ3n) is 5.47. The number of allylic oxidation sites excluding steroid dienone is 1. The monoisotopic (exact) mass is 514 g/mol. The molecule has 6 nitrogen and oxygen atoms in total. The third kappa shape index (κ3) is 5.36. The maximum atomic E-state index is 13.2. The number of rotatable bonds is 7. The van der Waals surface area contributed by atoms with Gasteiger partial charge < -0.3 is 14.6 Å². The molecular formula is C26H22ClF3N4O2. The Bertz CT molecular complexity index is 1500. The van der Waals surface area contributed by atoms with Crippen molar-refractivity contribution in [3.05, 3.63) is 105 Å². The summed E-state index contributed by atoms with van der Waals surface area (Å²) in [5.74, 6) is 0.509. The maximum Gasteiger partial charge on any atom is 0.421 e. The van der Waals surface area contributed by atoms with Crippen LogP contribution in [0.2, 0.25) is 5.02 Å². The van der Waals surface area contributed by atoms with Crippen LogP contribution in [0.5, 0.6) is 5.75 Å². The summed E-state index contributed by atoms with van der Waals surface area (Å²) in [7, 11) is 0. The summed E-state index contributed by atoms with van der Waals surface area (Å²) in [6.07, 6.45) is 3.12. The highest BCUT2D eigenvalue weighted by Crippen LogP contribution is 2.32. The van der Waals surface area contributed by atoms with Crippen LogP contribution in [0, 0.1) is 6.92 Å². The molecule has 0 atom stereocenters. The van der Waals surface area contributed by atoms with Crippen molar-refractivity contribution < 1.29 is 17.9 Å². The number of anilines is 1. The Labute approximate surface area is 210 Å². The van der Waals surface area contributed by atoms with Gasteiger partial charge in [0.25, 0.3) is 5.56 Å². The molecule has 0 fully saturated rings. The average Bonchev–Trinajstić information content (AvgIpc) is 2.82. The van der Waals surface area contributed by atoms with Crippen molar-refractivity contribution in [3.63, 3.8) is 0 Å². The van der Waals surface area contributed by atoms with Crippen LogP contribution < -0.4 is 15.6 Å². The van der Waals surface area contributed by atoms with E-state index in [4.69, 9.17) is 16.3 Å². The number of nitrogens with one attached hydrogen (secondary N) is 1. The molecule has 0 saturated carbocycles. The molecule has 10 heteroatoms. The molecule has 0 radical (unpaired) electrons. The quantitative estimate of drug-likeness (QED) is 0.311. The molecule has 0 unspecified atom stereocenters. The highest BCUT2D eigenvalue weighted by molar-refractivity contribution is 6.31. The Morgan fingerprint density at radius 3 is 2.75 bits per heavy atom. The van der Waals surface area contributed by atoms with Crippen molar-refractivity contribution in [2.24, 2.45) is 0 Å². The summed E-state index contributed by atoms with van der Waals surface area (Å²) in [6, 6.07) is 9.41. The van der Waals surface area contributed by atoms with Gasteiger partial charge in [-0.25, -0.2) is 4.98 Å². The molecule has 0 saturated heterocycles. The number of para-hydroxylation sites is 1. The topological polar surface area (TPSA) is 69.0 Å². The molecule has 0 aliphatic rings. The second-order valence-electron chi connectivity index (χ2n) is 8.01. The molecule has 1 N–H and O–H groups in total. The average molecular weight is 515 g/mol. The van der Waals surface area contributed by atoms with Crippen molar-refractivity contribution in [1.82, 2.24) is 14.5 Å². The molecule has 186 valence electrons. The number of aromatic nitrogens is 3. The molecule has 4 aromatic rings. The van der Waals surface area contributed by atoms with Gasteiger partial charge in [-0.2, -0.15) is 13.2 Å². The maximum absolute atomic E-state index is 13.2. The van der Waals surface area contributed by atoms with Crippen LogP contribution in [-0.4, -0.2) is 14.5 Å². The first-order chi connectivity index (χ1) is 17.2. The number of alkyl halides is 3. The van der Waals surface area contributed by atoms with Crippen LogP contribution in [0.25, 0.3) is 10.9 Å². The molecule has 0 spiro atoms. The third-order valence-corrected chi connectivity index (χ3v) is 5.79. The standard InChI is InChI=1S/C26H22ClF3N4O2/c1-3-9-32-22-11-16(2)33-24-18(22)6-4-8-23(24)36-15-19-17(12-31-13-21(19)27)14-34-10-5-7-20(25(34)35)26(28,29)30/h3-13H,14-15H2,1-2H3,(H,32,33)/b9-3-. The summed E-state index contributed by atoms with van der Waals surface area (Å²) < 4.78 is 46.6. The van der Waals surface area contributed by atoms with Crippen LogP contribution >= 0.6 is 11.6 Å². The lowest BCUT2D eigenvalue weighted by molar-refractivity contribution is -0.138. The minimum atomic E-state index is -4.75. The van der Waals surface area contributed by atoms with Gasteiger partial charge in [-0.1, -0.05) is 29.8 Å². The first-order valence-electron chi connectivity index (χ1n) is 11.0. The zero-order valence-corrected chi connectivity index (χ0v) is 20.2. The molecule has 1 aromatic carbocycles. The Hall–Kier alpha value is -3.85. The smallest absolute Gasteiger partial charge is 0.421 e. The normalized spacial score (nSPS) is 11.8. The van der Waals surface area contributed by atoms with E-state index in [1.165, 1.54) is 24.7 Å². The number of hydrogen-bond donors (Lipinski definition) is 1. The van der Waals surface area contributed by atoms with Gasteiger partial charge in [-0.15, -0.1) is 0 Å². The zero-order chi connectivity index (χ0) is 25.9. The number of ether oxygens (including phenoxy) is 1. The highest BCUT2D eigenvalue weighted by atomic mass is 35.5. The largest absolute Gasteiger partial charge is 0.487 e. The Balaban J connectivity index is 1.67. The van der Waals surface area contributed by atoms with Crippen molar-refractivity contribution in [3.8, 4) is 5.75 Å². The van der Waals surface area contributed by atoms with E-state index in [1.807, 2.05) is 44.3 Å². The van der Waals surface area contributed by atoms with Gasteiger partial charge in [-0.05, 0) is 49.9 Å². The zero-order valence-electron chi connectivity index (χ0n) is 19.4. The van der Waals surface area contributed by atoms with Crippen molar-refractivity contribution in [2.45, 2.75) is 33.2 Å². The Morgan fingerprint density at radius 1 is 1.19 bits per heavy atom. The molecule has 36 heavy (non-hydrogen) atoms. The molecule has 3 aromatic heterocycles. The first-order valence-corrected chi connectivity index (χ1v) is 11.4. The molecule has 4 rings (SSSR count). The van der Waals surface area contributed by atoms with E-state index in [2.05, 4.69) is 15.3 Å². The lowest BCUT2D eigenvalue weighted by Crippen LogP contribution is -2.28. The summed E-state index contributed by atoms with van der Waals surface area (Å²) in [5.41, 5.74) is 0.885. The van der Waals surface area contributed by atoms with E-state index in [-0.39, 0.29) is 18.2 Å². The van der Waals surface area contributed by atoms with E-state index in [0.29, 0.717) is 22.4 Å². The van der Waals surface area contributed by atoms with Gasteiger partial charge >= 0.3 is 6.18 Å². The van der Waals surface area contributed by atoms with Gasteiger partial charge in [0, 0.05) is 40.9 Å². The van der Waals surface area contributed by atoms with E-state index in [1.54, 1.807) is 6.07 Å². The minimum Gasteiger partial charge on any atom is -0.487 e. The lowest BCUT2D eigenvalue weighted by Gasteiger charge is -2.16. The highest BCUT2D eigenvalue weighted by Gasteiger charge is 2.34. The number of pyridine rings is 3. The van der Waals surface area contributed by atoms with Crippen LogP contribution in [0.3, 0.4) is 0 Å². The number of hydrogen-bond acceptors (Lipinski definition) is 5. The second kappa shape index (κ2) is 10.4. The number of aryl methyl sites for hydroxylation is 1. The van der Waals surface area contributed by atoms with Gasteiger partial charge in [0.15, 0.2) is 0 Å². The van der Waals surface area contributed by atoms with Crippen molar-refractivity contribution >= 4 is 28.2 Å². The summed E-state index contributed by atoms with van der Waals surface area (Å²) in [4.78, 5) is 21.1. The van der Waals surface area contributed by atoms with Crippen LogP contribution in [-0.2, 0) is 19.3 Å². The summed E-state index contributed by atoms with van der Waals surface area (Å²) in [5, 5.41) is 4.35. The number of nitrogens with zero attached hydrogens (tertiary/aromatic N) is 3. The lowest BCUT2D eigenvalue weighted by atomic mass is 10.1. The van der Waals surface area contributed by atoms with Crippen LogP contribution in [0.1, 0.15) is 29.3 Å². The van der Waals surface area contributed by atoms with Gasteiger partial charge in [0.05, 0.1) is 11.6 Å². The molecule has 0 aliphatic heterocycles. The predicted octanol–water partition coefficient (Wildman–Crippen LogP) is 6.34. The Morgan fingerprint density at radius 2 is 2.00 bits per heavy atom. The first kappa shape index (κ1) is 25.2. The molecule has 0 bridgehead atoms. The van der Waals surface area contributed by atoms with Gasteiger partial charge in [-0.3, -0.25) is 9.78 Å². The van der Waals surface area contributed by atoms with Crippen molar-refractivity contribution in [2.75, 3.05) is 5.32 Å². The summed E-state index contributed by atoms with van der Waals surface area (Å²) in [6.45, 7) is 3.62. The van der Waals surface area contributed by atoms with Gasteiger partial charge in [0.2, 0.25) is 0 Å². The molecule has 3 heterocycles. The van der Waals surface area contributed by atoms with Crippen LogP contribution in [0.15, 0.2) is 72.1 Å². The fourth-order valence-corrected chi connectivity index (χ4v) is 4.00. The Kier molecular flexibility index (Phi) is 7.30. The fourth-order valence-electron chi connectivity index (χ4n) is 3.77. The van der Waals surface area contributed by atoms with Crippen LogP contribution in [0.4, 0.5) is 18.9 Å². The predicted molar refractivity (Wildman–Crippen MR) is 133 cm³/mol. The van der Waals surface area contributed by atoms with E-state index in [0.717, 1.165) is 27.4 Å². The number of halogens is 4. The van der Waals surface area contributed by atoms with E-state index < -0.39 is 17.3 Å².